The molecule has 0 saturated heterocycles. The molecule has 5 rings (SSSR count). The van der Waals surface area contributed by atoms with Gasteiger partial charge in [-0.05, 0) is 36.8 Å². The largest absolute Gasteiger partial charge is 0.478 e. The number of carbonyl (C=O) groups excluding carboxylic acids is 1. The van der Waals surface area contributed by atoms with Crippen LogP contribution in [0.1, 0.15) is 37.0 Å². The predicted octanol–water partition coefficient (Wildman–Crippen LogP) is 1.40. The first-order valence-electron chi connectivity index (χ1n) is 10.2. The standard InChI is InChI=1S/C22H19N3O8/c1-3-22(29)15-8-17-18-12(9-24(17)19(26)14(15)10-32-20(22)27)6-11-7-13(4-5-16(11)23-18)33-21(2,28)25(30)31/h4-8,28-29H,3,9-10H2,1-2H3/t21?,22-/m0/s1. The highest BCUT2D eigenvalue weighted by molar-refractivity contribution is 5.87. The van der Waals surface area contributed by atoms with Gasteiger partial charge in [0.05, 0.1) is 40.9 Å². The molecule has 0 saturated carbocycles. The maximum Gasteiger partial charge on any atom is 0.478 e. The predicted molar refractivity (Wildman–Crippen MR) is 113 cm³/mol. The Morgan fingerprint density at radius 2 is 2.09 bits per heavy atom. The van der Waals surface area contributed by atoms with Crippen LogP contribution in [0.25, 0.3) is 22.3 Å². The molecular formula is C22H19N3O8. The van der Waals surface area contributed by atoms with Gasteiger partial charge in [0, 0.05) is 16.5 Å². The number of nitro groups is 1. The molecule has 1 aromatic carbocycles. The van der Waals surface area contributed by atoms with Gasteiger partial charge in [-0.15, -0.1) is 0 Å². The van der Waals surface area contributed by atoms with E-state index in [4.69, 9.17) is 9.47 Å². The molecule has 1 unspecified atom stereocenters. The molecule has 0 radical (unpaired) electrons. The smallest absolute Gasteiger partial charge is 0.458 e. The minimum atomic E-state index is -2.59. The number of ether oxygens (including phenoxy) is 2. The number of pyridine rings is 2. The van der Waals surface area contributed by atoms with E-state index in [-0.39, 0.29) is 42.0 Å². The first-order chi connectivity index (χ1) is 15.5. The van der Waals surface area contributed by atoms with Gasteiger partial charge >= 0.3 is 11.9 Å². The van der Waals surface area contributed by atoms with Crippen molar-refractivity contribution in [2.24, 2.45) is 0 Å². The van der Waals surface area contributed by atoms with E-state index in [1.54, 1.807) is 25.1 Å². The summed E-state index contributed by atoms with van der Waals surface area (Å²) in [5, 5.41) is 32.2. The first-order valence-corrected chi connectivity index (χ1v) is 10.2. The van der Waals surface area contributed by atoms with Gasteiger partial charge in [-0.2, -0.15) is 0 Å². The molecule has 33 heavy (non-hydrogen) atoms. The van der Waals surface area contributed by atoms with Crippen molar-refractivity contribution in [2.45, 2.75) is 44.9 Å². The fourth-order valence-electron chi connectivity index (χ4n) is 4.29. The zero-order chi connectivity index (χ0) is 23.7. The van der Waals surface area contributed by atoms with Crippen molar-refractivity contribution >= 4 is 16.9 Å². The SMILES string of the molecule is CC[C@@]1(O)C(=O)OCc2c1cc1n(c2=O)Cc2cc3cc(OC(C)(O)[N+](=O)[O-])ccc3nc2-1. The highest BCUT2D eigenvalue weighted by Gasteiger charge is 2.45. The average Bonchev–Trinajstić information content (AvgIpc) is 3.12. The monoisotopic (exact) mass is 453 g/mol. The molecule has 3 aromatic rings. The molecule has 2 N–H and O–H groups in total. The molecule has 0 fully saturated rings. The van der Waals surface area contributed by atoms with Crippen molar-refractivity contribution in [3.05, 3.63) is 67.5 Å². The molecule has 0 aliphatic carbocycles. The number of carbonyl (C=O) groups is 1. The minimum Gasteiger partial charge on any atom is -0.458 e. The summed E-state index contributed by atoms with van der Waals surface area (Å²) in [6, 6.07) is 7.95. The highest BCUT2D eigenvalue weighted by Crippen LogP contribution is 2.39. The van der Waals surface area contributed by atoms with Crippen molar-refractivity contribution in [3.63, 3.8) is 0 Å². The molecule has 170 valence electrons. The third-order valence-electron chi connectivity index (χ3n) is 6.13. The minimum absolute atomic E-state index is 0.0520. The Morgan fingerprint density at radius 1 is 1.33 bits per heavy atom. The Kier molecular flexibility index (Phi) is 4.36. The fraction of sp³-hybridized carbons (Fsp3) is 0.318. The third kappa shape index (κ3) is 3.00. The normalized spacial score (nSPS) is 20.4. The van der Waals surface area contributed by atoms with E-state index in [9.17, 15) is 29.9 Å². The van der Waals surface area contributed by atoms with Crippen molar-refractivity contribution in [1.29, 1.82) is 0 Å². The average molecular weight is 453 g/mol. The van der Waals surface area contributed by atoms with Crippen LogP contribution >= 0.6 is 0 Å². The van der Waals surface area contributed by atoms with Crippen LogP contribution in [0.4, 0.5) is 0 Å². The van der Waals surface area contributed by atoms with Gasteiger partial charge < -0.3 is 19.1 Å². The summed E-state index contributed by atoms with van der Waals surface area (Å²) >= 11 is 0. The second-order valence-electron chi connectivity index (χ2n) is 8.25. The Labute approximate surface area is 186 Å². The van der Waals surface area contributed by atoms with E-state index < -0.39 is 22.4 Å². The van der Waals surface area contributed by atoms with Crippen molar-refractivity contribution < 1.29 is 29.4 Å². The summed E-state index contributed by atoms with van der Waals surface area (Å²) in [5.74, 6) is -3.29. The Bertz CT molecular complexity index is 1430. The van der Waals surface area contributed by atoms with Crippen molar-refractivity contribution in [1.82, 2.24) is 9.55 Å². The lowest BCUT2D eigenvalue weighted by molar-refractivity contribution is -0.668. The molecule has 11 nitrogen and oxygen atoms in total. The first kappa shape index (κ1) is 21.0. The summed E-state index contributed by atoms with van der Waals surface area (Å²) in [5.41, 5.74) is 0.464. The van der Waals surface area contributed by atoms with Crippen LogP contribution < -0.4 is 10.3 Å². The van der Waals surface area contributed by atoms with Gasteiger partial charge in [-0.3, -0.25) is 20.0 Å². The van der Waals surface area contributed by atoms with Crippen LogP contribution in [-0.2, 0) is 28.3 Å². The number of hydrogen-bond acceptors (Lipinski definition) is 9. The van der Waals surface area contributed by atoms with Gasteiger partial charge in [0.15, 0.2) is 5.60 Å². The van der Waals surface area contributed by atoms with Crippen LogP contribution in [0.15, 0.2) is 35.1 Å². The van der Waals surface area contributed by atoms with Gasteiger partial charge in [0.2, 0.25) is 0 Å². The number of esters is 1. The van der Waals surface area contributed by atoms with Crippen LogP contribution in [0.3, 0.4) is 0 Å². The zero-order valence-electron chi connectivity index (χ0n) is 17.7. The number of aliphatic hydroxyl groups is 2. The quantitative estimate of drug-likeness (QED) is 0.202. The summed E-state index contributed by atoms with van der Waals surface area (Å²) in [4.78, 5) is 40.0. The molecule has 2 aliphatic rings. The third-order valence-corrected chi connectivity index (χ3v) is 6.13. The molecule has 11 heteroatoms. The van der Waals surface area contributed by atoms with E-state index in [1.807, 2.05) is 0 Å². The van der Waals surface area contributed by atoms with E-state index in [0.717, 1.165) is 6.92 Å². The summed E-state index contributed by atoms with van der Waals surface area (Å²) in [6.45, 7) is 2.57. The second-order valence-corrected chi connectivity index (χ2v) is 8.25. The summed E-state index contributed by atoms with van der Waals surface area (Å²) < 4.78 is 11.7. The molecule has 2 aromatic heterocycles. The molecule has 0 amide bonds. The Hall–Kier alpha value is -3.83. The topological polar surface area (TPSA) is 154 Å². The van der Waals surface area contributed by atoms with E-state index >= 15 is 0 Å². The number of rotatable bonds is 4. The highest BCUT2D eigenvalue weighted by atomic mass is 16.8. The molecular weight excluding hydrogens is 434 g/mol. The maximum atomic E-state index is 13.2. The molecule has 0 bridgehead atoms. The lowest BCUT2D eigenvalue weighted by atomic mass is 9.86. The number of nitrogens with zero attached hydrogens (tertiary/aromatic N) is 3. The lowest BCUT2D eigenvalue weighted by Crippen LogP contribution is -2.44. The Balaban J connectivity index is 1.63. The molecule has 0 spiro atoms. The number of aromatic nitrogens is 2. The maximum absolute atomic E-state index is 13.2. The van der Waals surface area contributed by atoms with Crippen LogP contribution in [0.5, 0.6) is 5.75 Å². The van der Waals surface area contributed by atoms with Gasteiger partial charge in [0.25, 0.3) is 5.56 Å². The number of benzene rings is 1. The molecule has 2 aliphatic heterocycles. The number of fused-ring (bicyclic) bond motifs is 5. The lowest BCUT2D eigenvalue weighted by Gasteiger charge is -2.31. The van der Waals surface area contributed by atoms with E-state index in [1.165, 1.54) is 16.7 Å². The van der Waals surface area contributed by atoms with Crippen molar-refractivity contribution in [2.75, 3.05) is 0 Å². The van der Waals surface area contributed by atoms with E-state index in [0.29, 0.717) is 27.9 Å². The van der Waals surface area contributed by atoms with Crippen LogP contribution in [0, 0.1) is 10.1 Å². The van der Waals surface area contributed by atoms with Gasteiger partial charge in [0.1, 0.15) is 12.4 Å². The second kappa shape index (κ2) is 6.83. The number of cyclic esters (lactones) is 1. The Morgan fingerprint density at radius 3 is 2.79 bits per heavy atom. The van der Waals surface area contributed by atoms with Gasteiger partial charge in [-0.1, -0.05) is 6.92 Å². The fourth-order valence-corrected chi connectivity index (χ4v) is 4.29. The zero-order valence-corrected chi connectivity index (χ0v) is 17.7. The van der Waals surface area contributed by atoms with E-state index in [2.05, 4.69) is 4.98 Å². The van der Waals surface area contributed by atoms with Gasteiger partial charge in [-0.25, -0.2) is 9.78 Å². The van der Waals surface area contributed by atoms with Crippen molar-refractivity contribution in [3.8, 4) is 17.1 Å². The number of hydrogen-bond donors (Lipinski definition) is 2. The summed E-state index contributed by atoms with van der Waals surface area (Å²) in [6.07, 6.45) is 0.0520. The van der Waals surface area contributed by atoms with Crippen LogP contribution in [-0.4, -0.2) is 36.6 Å². The molecule has 2 atom stereocenters. The molecule has 4 heterocycles. The van der Waals surface area contributed by atoms with Crippen LogP contribution in [0.2, 0.25) is 0 Å². The summed E-state index contributed by atoms with van der Waals surface area (Å²) in [7, 11) is 0.